The number of benzene rings is 1. The first kappa shape index (κ1) is 16.3. The van der Waals surface area contributed by atoms with Crippen LogP contribution in [-0.4, -0.2) is 32.4 Å². The number of anilines is 2. The summed E-state index contributed by atoms with van der Waals surface area (Å²) in [6.45, 7) is 0.528. The predicted octanol–water partition coefficient (Wildman–Crippen LogP) is 1.29. The molecule has 0 aliphatic carbocycles. The number of aromatic nitrogens is 5. The van der Waals surface area contributed by atoms with Gasteiger partial charge in [0.25, 0.3) is 0 Å². The highest BCUT2D eigenvalue weighted by Gasteiger charge is 2.12. The van der Waals surface area contributed by atoms with Gasteiger partial charge in [0.15, 0.2) is 5.65 Å². The topological polar surface area (TPSA) is 94.0 Å². The minimum atomic E-state index is 0.253. The van der Waals surface area contributed by atoms with Gasteiger partial charge >= 0.3 is 0 Å². The van der Waals surface area contributed by atoms with Crippen molar-refractivity contribution >= 4 is 42.3 Å². The molecule has 0 aliphatic heterocycles. The molecule has 3 N–H and O–H groups in total. The van der Waals surface area contributed by atoms with Gasteiger partial charge in [0, 0.05) is 47.4 Å². The van der Waals surface area contributed by atoms with Gasteiger partial charge in [0.05, 0.1) is 5.69 Å². The third-order valence-corrected chi connectivity index (χ3v) is 4.33. The van der Waals surface area contributed by atoms with Crippen LogP contribution in [0.25, 0.3) is 16.9 Å². The molecule has 0 unspecified atom stereocenters. The second kappa shape index (κ2) is 6.64. The van der Waals surface area contributed by atoms with Gasteiger partial charge in [0.2, 0.25) is 5.95 Å². The summed E-state index contributed by atoms with van der Waals surface area (Å²) in [7, 11) is 1.98. The van der Waals surface area contributed by atoms with Crippen molar-refractivity contribution in [1.29, 1.82) is 0 Å². The van der Waals surface area contributed by atoms with Crippen LogP contribution in [0, 0.1) is 0 Å². The maximum absolute atomic E-state index is 6.35. The highest BCUT2D eigenvalue weighted by molar-refractivity contribution is 6.36. The zero-order valence-corrected chi connectivity index (χ0v) is 14.8. The molecule has 3 aromatic heterocycles. The monoisotopic (exact) mass is 363 g/mol. The third kappa shape index (κ3) is 3.06. The van der Waals surface area contributed by atoms with Crippen molar-refractivity contribution in [3.8, 4) is 11.3 Å². The van der Waals surface area contributed by atoms with Gasteiger partial charge in [-0.05, 0) is 11.5 Å². The fraction of sp³-hybridized carbons (Fsp3) is 0.0588. The van der Waals surface area contributed by atoms with Gasteiger partial charge in [-0.15, -0.1) is 0 Å². The fourth-order valence-corrected chi connectivity index (χ4v) is 2.89. The summed E-state index contributed by atoms with van der Waals surface area (Å²) >= 11 is 6.35. The summed E-state index contributed by atoms with van der Waals surface area (Å²) in [4.78, 5) is 12.7. The molecule has 0 amide bonds. The highest BCUT2D eigenvalue weighted by Crippen LogP contribution is 2.28. The first-order valence-corrected chi connectivity index (χ1v) is 8.40. The lowest BCUT2D eigenvalue weighted by molar-refractivity contribution is 0.923. The fourth-order valence-electron chi connectivity index (χ4n) is 2.65. The molecule has 9 heteroatoms. The Labute approximate surface area is 155 Å². The van der Waals surface area contributed by atoms with Crippen LogP contribution in [0.15, 0.2) is 48.9 Å². The van der Waals surface area contributed by atoms with E-state index in [0.717, 1.165) is 33.7 Å². The standard InChI is InChI=1S/C17H15BClN7/c18-12-9-24-26-15(21-6-10-7-22-17(20)23-8-10)5-14(25-16(12)26)11-3-1-2-4-13(11)19/h1-5,7-9,21H,6,18H2,(H2,20,22,23). The van der Waals surface area contributed by atoms with Crippen LogP contribution >= 0.6 is 11.6 Å². The van der Waals surface area contributed by atoms with E-state index in [4.69, 9.17) is 22.3 Å². The molecule has 3 heterocycles. The molecular formula is C17H15BClN7. The van der Waals surface area contributed by atoms with Crippen LogP contribution < -0.4 is 16.5 Å². The summed E-state index contributed by atoms with van der Waals surface area (Å²) in [5, 5.41) is 8.42. The minimum Gasteiger partial charge on any atom is -0.368 e. The molecule has 128 valence electrons. The Hall–Kier alpha value is -3.13. The molecule has 0 saturated heterocycles. The molecule has 7 nitrogen and oxygen atoms in total. The van der Waals surface area contributed by atoms with E-state index in [0.29, 0.717) is 11.6 Å². The van der Waals surface area contributed by atoms with Crippen molar-refractivity contribution in [1.82, 2.24) is 24.6 Å². The number of nitrogens with zero attached hydrogens (tertiary/aromatic N) is 5. The van der Waals surface area contributed by atoms with Crippen molar-refractivity contribution in [3.63, 3.8) is 0 Å². The van der Waals surface area contributed by atoms with Crippen LogP contribution in [0.5, 0.6) is 0 Å². The summed E-state index contributed by atoms with van der Waals surface area (Å²) in [5.74, 6) is 1.05. The van der Waals surface area contributed by atoms with E-state index in [1.54, 1.807) is 23.1 Å². The maximum Gasteiger partial charge on any atom is 0.219 e. The van der Waals surface area contributed by atoms with Crippen molar-refractivity contribution < 1.29 is 0 Å². The molecule has 4 aromatic rings. The minimum absolute atomic E-state index is 0.253. The number of fused-ring (bicyclic) bond motifs is 1. The largest absolute Gasteiger partial charge is 0.368 e. The quantitative estimate of drug-likeness (QED) is 0.531. The maximum atomic E-state index is 6.35. The average molecular weight is 364 g/mol. The number of rotatable bonds is 4. The molecule has 4 rings (SSSR count). The van der Waals surface area contributed by atoms with E-state index in [9.17, 15) is 0 Å². The van der Waals surface area contributed by atoms with Crippen LogP contribution in [-0.2, 0) is 6.54 Å². The summed E-state index contributed by atoms with van der Waals surface area (Å²) < 4.78 is 1.77. The van der Waals surface area contributed by atoms with Crippen molar-refractivity contribution in [2.75, 3.05) is 11.1 Å². The number of nitrogens with two attached hydrogens (primary N) is 1. The number of hydrogen-bond donors (Lipinski definition) is 2. The second-order valence-corrected chi connectivity index (χ2v) is 6.28. The lowest BCUT2D eigenvalue weighted by Crippen LogP contribution is -2.10. The summed E-state index contributed by atoms with van der Waals surface area (Å²) in [6, 6.07) is 9.57. The third-order valence-electron chi connectivity index (χ3n) is 4.00. The van der Waals surface area contributed by atoms with Gasteiger partial charge in [-0.2, -0.15) is 9.61 Å². The van der Waals surface area contributed by atoms with Crippen LogP contribution in [0.4, 0.5) is 11.8 Å². The molecule has 0 saturated carbocycles. The molecular weight excluding hydrogens is 349 g/mol. The average Bonchev–Trinajstić information content (AvgIpc) is 3.02. The smallest absolute Gasteiger partial charge is 0.219 e. The number of nitrogens with one attached hydrogen (secondary N) is 1. The van der Waals surface area contributed by atoms with E-state index in [1.807, 2.05) is 38.2 Å². The van der Waals surface area contributed by atoms with Gasteiger partial charge in [-0.1, -0.05) is 29.8 Å². The second-order valence-electron chi connectivity index (χ2n) is 5.87. The lowest BCUT2D eigenvalue weighted by Gasteiger charge is -2.12. The molecule has 1 aromatic carbocycles. The SMILES string of the molecule is Bc1cnn2c(NCc3cnc(N)nc3)cc(-c3ccccc3Cl)nc12. The number of nitrogen functional groups attached to an aromatic ring is 1. The Bertz CT molecular complexity index is 1080. The van der Waals surface area contributed by atoms with Gasteiger partial charge in [0.1, 0.15) is 13.7 Å². The van der Waals surface area contributed by atoms with Gasteiger partial charge in [-0.3, -0.25) is 0 Å². The zero-order chi connectivity index (χ0) is 18.1. The van der Waals surface area contributed by atoms with Crippen LogP contribution in [0.3, 0.4) is 0 Å². The molecule has 0 atom stereocenters. The van der Waals surface area contributed by atoms with E-state index in [2.05, 4.69) is 20.4 Å². The zero-order valence-electron chi connectivity index (χ0n) is 14.0. The highest BCUT2D eigenvalue weighted by atomic mass is 35.5. The molecule has 0 bridgehead atoms. The van der Waals surface area contributed by atoms with Crippen LogP contribution in [0.2, 0.25) is 5.02 Å². The Morgan fingerprint density at radius 3 is 2.69 bits per heavy atom. The summed E-state index contributed by atoms with van der Waals surface area (Å²) in [5.41, 5.74) is 9.85. The first-order valence-electron chi connectivity index (χ1n) is 8.02. The molecule has 0 fully saturated rings. The molecule has 26 heavy (non-hydrogen) atoms. The van der Waals surface area contributed by atoms with E-state index in [-0.39, 0.29) is 5.95 Å². The number of halogens is 1. The predicted molar refractivity (Wildman–Crippen MR) is 105 cm³/mol. The normalized spacial score (nSPS) is 11.0. The Morgan fingerprint density at radius 1 is 1.15 bits per heavy atom. The van der Waals surface area contributed by atoms with Gasteiger partial charge in [-0.25, -0.2) is 15.0 Å². The Kier molecular flexibility index (Phi) is 4.18. The van der Waals surface area contributed by atoms with Crippen LogP contribution in [0.1, 0.15) is 5.56 Å². The van der Waals surface area contributed by atoms with Crippen molar-refractivity contribution in [2.45, 2.75) is 6.54 Å². The van der Waals surface area contributed by atoms with E-state index >= 15 is 0 Å². The van der Waals surface area contributed by atoms with Gasteiger partial charge < -0.3 is 11.1 Å². The van der Waals surface area contributed by atoms with E-state index in [1.165, 1.54) is 0 Å². The Balaban J connectivity index is 1.75. The molecule has 0 aliphatic rings. The first-order chi connectivity index (χ1) is 12.6. The molecule has 0 radical (unpaired) electrons. The lowest BCUT2D eigenvalue weighted by atomic mass is 10.0. The van der Waals surface area contributed by atoms with Crippen molar-refractivity contribution in [2.24, 2.45) is 0 Å². The Morgan fingerprint density at radius 2 is 1.92 bits per heavy atom. The molecule has 0 spiro atoms. The van der Waals surface area contributed by atoms with E-state index < -0.39 is 0 Å². The summed E-state index contributed by atoms with van der Waals surface area (Å²) in [6.07, 6.45) is 5.17. The number of hydrogen-bond acceptors (Lipinski definition) is 6. The van der Waals surface area contributed by atoms with Crippen molar-refractivity contribution in [3.05, 3.63) is 59.5 Å².